The number of thioether (sulfide) groups is 1. The number of aromatic nitrogens is 1. The summed E-state index contributed by atoms with van der Waals surface area (Å²) in [5.74, 6) is 0.869. The summed E-state index contributed by atoms with van der Waals surface area (Å²) in [5, 5.41) is 7.77. The maximum Gasteiger partial charge on any atom is 0.193 e. The second-order valence-corrected chi connectivity index (χ2v) is 5.10. The van der Waals surface area contributed by atoms with Gasteiger partial charge in [0.05, 0.1) is 6.54 Å². The van der Waals surface area contributed by atoms with Crippen LogP contribution in [0.1, 0.15) is 12.6 Å². The van der Waals surface area contributed by atoms with E-state index in [1.807, 2.05) is 29.8 Å². The number of hydrogen-bond donors (Lipinski definition) is 1. The Morgan fingerprint density at radius 3 is 3.00 bits per heavy atom. The molecular weight excluding hydrogens is 236 g/mol. The van der Waals surface area contributed by atoms with Gasteiger partial charge in [-0.15, -0.1) is 0 Å². The van der Waals surface area contributed by atoms with Gasteiger partial charge in [-0.05, 0) is 6.26 Å². The first-order valence-electron chi connectivity index (χ1n) is 5.51. The van der Waals surface area contributed by atoms with Crippen LogP contribution in [0.3, 0.4) is 0 Å². The smallest absolute Gasteiger partial charge is 0.193 e. The lowest BCUT2D eigenvalue weighted by Gasteiger charge is -2.22. The van der Waals surface area contributed by atoms with E-state index in [0.717, 1.165) is 18.2 Å². The number of guanidine groups is 1. The molecule has 1 aromatic rings. The molecule has 0 radical (unpaired) electrons. The molecule has 6 heteroatoms. The van der Waals surface area contributed by atoms with Crippen LogP contribution < -0.4 is 5.32 Å². The molecule has 0 saturated carbocycles. The average molecular weight is 256 g/mol. The Bertz CT molecular complexity index is 339. The SMILES string of the molecule is CN=C(NCC(C)SC)N(C)Cc1ccon1. The maximum atomic E-state index is 4.80. The van der Waals surface area contributed by atoms with E-state index in [4.69, 9.17) is 4.52 Å². The largest absolute Gasteiger partial charge is 0.364 e. The van der Waals surface area contributed by atoms with Crippen molar-refractivity contribution in [3.05, 3.63) is 18.0 Å². The molecule has 0 aliphatic rings. The summed E-state index contributed by atoms with van der Waals surface area (Å²) in [5.41, 5.74) is 0.897. The van der Waals surface area contributed by atoms with Crippen molar-refractivity contribution in [2.75, 3.05) is 26.9 Å². The molecule has 17 heavy (non-hydrogen) atoms. The zero-order chi connectivity index (χ0) is 12.7. The van der Waals surface area contributed by atoms with Gasteiger partial charge < -0.3 is 14.7 Å². The first kappa shape index (κ1) is 13.9. The van der Waals surface area contributed by atoms with Gasteiger partial charge in [-0.1, -0.05) is 12.1 Å². The lowest BCUT2D eigenvalue weighted by molar-refractivity contribution is 0.391. The van der Waals surface area contributed by atoms with Crippen molar-refractivity contribution < 1.29 is 4.52 Å². The molecule has 0 aliphatic heterocycles. The van der Waals surface area contributed by atoms with Crippen LogP contribution in [0.25, 0.3) is 0 Å². The normalized spacial score (nSPS) is 13.5. The number of rotatable bonds is 5. The minimum Gasteiger partial charge on any atom is -0.364 e. The molecule has 5 nitrogen and oxygen atoms in total. The monoisotopic (exact) mass is 256 g/mol. The minimum atomic E-state index is 0.562. The summed E-state index contributed by atoms with van der Waals surface area (Å²) in [6, 6.07) is 1.86. The van der Waals surface area contributed by atoms with Gasteiger partial charge in [0.2, 0.25) is 0 Å². The topological polar surface area (TPSA) is 53.7 Å². The Hall–Kier alpha value is -1.17. The highest BCUT2D eigenvalue weighted by atomic mass is 32.2. The molecule has 0 bridgehead atoms. The molecule has 1 rings (SSSR count). The van der Waals surface area contributed by atoms with Gasteiger partial charge in [0.15, 0.2) is 5.96 Å². The van der Waals surface area contributed by atoms with Crippen molar-refractivity contribution >= 4 is 17.7 Å². The van der Waals surface area contributed by atoms with Crippen LogP contribution in [0.4, 0.5) is 0 Å². The molecule has 0 saturated heterocycles. The number of nitrogens with zero attached hydrogens (tertiary/aromatic N) is 3. The van der Waals surface area contributed by atoms with Gasteiger partial charge in [-0.2, -0.15) is 11.8 Å². The van der Waals surface area contributed by atoms with E-state index in [-0.39, 0.29) is 0 Å². The number of nitrogens with one attached hydrogen (secondary N) is 1. The van der Waals surface area contributed by atoms with Crippen molar-refractivity contribution in [1.82, 2.24) is 15.4 Å². The van der Waals surface area contributed by atoms with Gasteiger partial charge in [0.1, 0.15) is 12.0 Å². The standard InChI is InChI=1S/C11H20N4OS/c1-9(17-4)7-13-11(12-2)15(3)8-10-5-6-16-14-10/h5-6,9H,7-8H2,1-4H3,(H,12,13). The Morgan fingerprint density at radius 2 is 2.47 bits per heavy atom. The Morgan fingerprint density at radius 1 is 1.71 bits per heavy atom. The summed E-state index contributed by atoms with van der Waals surface area (Å²) in [4.78, 5) is 6.26. The quantitative estimate of drug-likeness (QED) is 0.638. The third kappa shape index (κ3) is 4.68. The van der Waals surface area contributed by atoms with Gasteiger partial charge >= 0.3 is 0 Å². The van der Waals surface area contributed by atoms with Crippen LogP contribution in [0, 0.1) is 0 Å². The number of aliphatic imine (C=N–C) groups is 1. The molecule has 0 fully saturated rings. The molecule has 0 spiro atoms. The Kier molecular flexibility index (Phi) is 5.90. The molecule has 1 N–H and O–H groups in total. The van der Waals surface area contributed by atoms with Crippen LogP contribution in [0.5, 0.6) is 0 Å². The second-order valence-electron chi connectivity index (χ2n) is 3.82. The fraction of sp³-hybridized carbons (Fsp3) is 0.636. The molecule has 1 atom stereocenters. The molecule has 0 amide bonds. The Labute approximate surface area is 107 Å². The third-order valence-electron chi connectivity index (χ3n) is 2.41. The van der Waals surface area contributed by atoms with E-state index < -0.39 is 0 Å². The molecule has 0 aliphatic carbocycles. The van der Waals surface area contributed by atoms with Crippen molar-refractivity contribution in [3.8, 4) is 0 Å². The van der Waals surface area contributed by atoms with E-state index in [2.05, 4.69) is 28.6 Å². The van der Waals surface area contributed by atoms with Crippen molar-refractivity contribution in [1.29, 1.82) is 0 Å². The predicted molar refractivity (Wildman–Crippen MR) is 72.3 cm³/mol. The van der Waals surface area contributed by atoms with E-state index in [1.165, 1.54) is 0 Å². The molecular formula is C11H20N4OS. The fourth-order valence-electron chi connectivity index (χ4n) is 1.34. The lowest BCUT2D eigenvalue weighted by atomic mass is 10.4. The Balaban J connectivity index is 2.44. The van der Waals surface area contributed by atoms with E-state index in [0.29, 0.717) is 11.8 Å². The van der Waals surface area contributed by atoms with Gasteiger partial charge in [-0.25, -0.2) is 0 Å². The molecule has 96 valence electrons. The average Bonchev–Trinajstić information content (AvgIpc) is 2.82. The number of hydrogen-bond acceptors (Lipinski definition) is 4. The minimum absolute atomic E-state index is 0.562. The summed E-state index contributed by atoms with van der Waals surface area (Å²) in [7, 11) is 3.76. The summed E-state index contributed by atoms with van der Waals surface area (Å²) in [6.45, 7) is 3.77. The highest BCUT2D eigenvalue weighted by Crippen LogP contribution is 2.04. The zero-order valence-electron chi connectivity index (χ0n) is 10.8. The van der Waals surface area contributed by atoms with Crippen LogP contribution in [-0.2, 0) is 6.54 Å². The fourth-order valence-corrected chi connectivity index (χ4v) is 1.59. The third-order valence-corrected chi connectivity index (χ3v) is 3.39. The van der Waals surface area contributed by atoms with Gasteiger partial charge in [-0.3, -0.25) is 4.99 Å². The van der Waals surface area contributed by atoms with Crippen LogP contribution >= 0.6 is 11.8 Å². The van der Waals surface area contributed by atoms with Gasteiger partial charge in [0, 0.05) is 32.0 Å². The lowest BCUT2D eigenvalue weighted by Crippen LogP contribution is -2.40. The van der Waals surface area contributed by atoms with Crippen LogP contribution in [0.2, 0.25) is 0 Å². The van der Waals surface area contributed by atoms with Crippen molar-refractivity contribution in [3.63, 3.8) is 0 Å². The first-order valence-corrected chi connectivity index (χ1v) is 6.80. The van der Waals surface area contributed by atoms with Crippen LogP contribution in [-0.4, -0.2) is 48.2 Å². The highest BCUT2D eigenvalue weighted by Gasteiger charge is 2.09. The summed E-state index contributed by atoms with van der Waals surface area (Å²) >= 11 is 1.83. The van der Waals surface area contributed by atoms with E-state index in [1.54, 1.807) is 13.3 Å². The summed E-state index contributed by atoms with van der Waals surface area (Å²) in [6.07, 6.45) is 3.68. The maximum absolute atomic E-state index is 4.80. The van der Waals surface area contributed by atoms with Crippen molar-refractivity contribution in [2.45, 2.75) is 18.7 Å². The van der Waals surface area contributed by atoms with E-state index in [9.17, 15) is 0 Å². The molecule has 1 unspecified atom stereocenters. The van der Waals surface area contributed by atoms with Crippen LogP contribution in [0.15, 0.2) is 21.8 Å². The van der Waals surface area contributed by atoms with Gasteiger partial charge in [0.25, 0.3) is 0 Å². The second kappa shape index (κ2) is 7.21. The molecule has 1 heterocycles. The zero-order valence-corrected chi connectivity index (χ0v) is 11.6. The predicted octanol–water partition coefficient (Wildman–Crippen LogP) is 1.43. The highest BCUT2D eigenvalue weighted by molar-refractivity contribution is 7.99. The van der Waals surface area contributed by atoms with Crippen molar-refractivity contribution in [2.24, 2.45) is 4.99 Å². The molecule has 0 aromatic carbocycles. The first-order chi connectivity index (χ1) is 8.17. The molecule has 1 aromatic heterocycles. The van der Waals surface area contributed by atoms with E-state index >= 15 is 0 Å². The summed E-state index contributed by atoms with van der Waals surface area (Å²) < 4.78 is 4.80.